The van der Waals surface area contributed by atoms with Gasteiger partial charge in [-0.2, -0.15) is 0 Å². The number of carbonyl (C=O) groups excluding carboxylic acids is 2. The number of imidazole rings is 1. The van der Waals surface area contributed by atoms with Gasteiger partial charge in [0.25, 0.3) is 5.91 Å². The van der Waals surface area contributed by atoms with Crippen molar-refractivity contribution in [1.82, 2.24) is 25.5 Å². The van der Waals surface area contributed by atoms with Crippen molar-refractivity contribution in [2.45, 2.75) is 31.9 Å². The average molecular weight is 399 g/mol. The third-order valence-corrected chi connectivity index (χ3v) is 5.50. The predicted octanol–water partition coefficient (Wildman–Crippen LogP) is 1.31. The van der Waals surface area contributed by atoms with Gasteiger partial charge in [0.2, 0.25) is 5.13 Å². The standard InChI is InChI=1S/C15H19ClN6O3S/c1-3-8-12(16)19-13(17-8)14(24)18-9-4-5-22(6-10(9)25-2)15-21-20-11(7-23)26-15/h7,9-10H,3-6H2,1-2H3,(H,17,19)(H,18,24)/t9-,10+/m1/s1. The fourth-order valence-electron chi connectivity index (χ4n) is 2.86. The minimum Gasteiger partial charge on any atom is -0.377 e. The number of piperidine rings is 1. The molecule has 2 N–H and O–H groups in total. The molecule has 0 bridgehead atoms. The van der Waals surface area contributed by atoms with Crippen molar-refractivity contribution < 1.29 is 14.3 Å². The molecule has 1 amide bonds. The van der Waals surface area contributed by atoms with Crippen LogP contribution >= 0.6 is 22.9 Å². The van der Waals surface area contributed by atoms with Crippen LogP contribution in [0.2, 0.25) is 5.15 Å². The summed E-state index contributed by atoms with van der Waals surface area (Å²) in [7, 11) is 1.60. The van der Waals surface area contributed by atoms with Crippen LogP contribution in [-0.4, -0.2) is 64.7 Å². The number of aromatic amines is 1. The number of nitrogens with one attached hydrogen (secondary N) is 2. The van der Waals surface area contributed by atoms with E-state index in [-0.39, 0.29) is 23.9 Å². The number of rotatable bonds is 6. The number of hydrogen-bond donors (Lipinski definition) is 2. The number of anilines is 1. The zero-order valence-electron chi connectivity index (χ0n) is 14.4. The van der Waals surface area contributed by atoms with Gasteiger partial charge < -0.3 is 19.9 Å². The maximum Gasteiger partial charge on any atom is 0.287 e. The SMILES string of the molecule is CCc1[nH]c(C(=O)N[C@@H]2CCN(c3nnc(C=O)s3)C[C@@H]2OC)nc1Cl. The summed E-state index contributed by atoms with van der Waals surface area (Å²) in [6.45, 7) is 3.13. The molecule has 1 aliphatic rings. The van der Waals surface area contributed by atoms with Crippen molar-refractivity contribution in [3.8, 4) is 0 Å². The molecule has 140 valence electrons. The number of aldehydes is 1. The van der Waals surface area contributed by atoms with E-state index >= 15 is 0 Å². The molecule has 3 rings (SSSR count). The van der Waals surface area contributed by atoms with Gasteiger partial charge in [0, 0.05) is 20.2 Å². The van der Waals surface area contributed by atoms with Crippen molar-refractivity contribution in [3.63, 3.8) is 0 Å². The third-order valence-electron chi connectivity index (χ3n) is 4.28. The molecule has 0 spiro atoms. The molecular formula is C15H19ClN6O3S. The van der Waals surface area contributed by atoms with Gasteiger partial charge in [0.05, 0.1) is 17.8 Å². The van der Waals surface area contributed by atoms with E-state index in [4.69, 9.17) is 16.3 Å². The molecule has 1 saturated heterocycles. The Bertz CT molecular complexity index is 794. The summed E-state index contributed by atoms with van der Waals surface area (Å²) in [6, 6.07) is -0.170. The Morgan fingerprint density at radius 2 is 2.35 bits per heavy atom. The van der Waals surface area contributed by atoms with Crippen molar-refractivity contribution in [2.75, 3.05) is 25.1 Å². The lowest BCUT2D eigenvalue weighted by Crippen LogP contribution is -2.55. The first-order chi connectivity index (χ1) is 12.5. The summed E-state index contributed by atoms with van der Waals surface area (Å²) in [4.78, 5) is 32.2. The summed E-state index contributed by atoms with van der Waals surface area (Å²) in [6.07, 6.45) is 1.78. The summed E-state index contributed by atoms with van der Waals surface area (Å²) in [5, 5.41) is 12.1. The fourth-order valence-corrected chi connectivity index (χ4v) is 3.82. The van der Waals surface area contributed by atoms with E-state index < -0.39 is 0 Å². The topological polar surface area (TPSA) is 113 Å². The van der Waals surface area contributed by atoms with Crippen molar-refractivity contribution >= 4 is 40.3 Å². The molecule has 0 saturated carbocycles. The zero-order valence-corrected chi connectivity index (χ0v) is 15.9. The van der Waals surface area contributed by atoms with Crippen molar-refractivity contribution in [2.24, 2.45) is 0 Å². The van der Waals surface area contributed by atoms with Gasteiger partial charge in [-0.05, 0) is 12.8 Å². The van der Waals surface area contributed by atoms with Gasteiger partial charge in [0.15, 0.2) is 22.3 Å². The molecule has 2 atom stereocenters. The molecule has 3 heterocycles. The van der Waals surface area contributed by atoms with Crippen LogP contribution in [0.3, 0.4) is 0 Å². The number of nitrogens with zero attached hydrogens (tertiary/aromatic N) is 4. The van der Waals surface area contributed by atoms with E-state index in [0.717, 1.165) is 5.69 Å². The van der Waals surface area contributed by atoms with E-state index in [9.17, 15) is 9.59 Å². The molecule has 11 heteroatoms. The second-order valence-corrected chi connectivity index (χ2v) is 7.18. The molecule has 9 nitrogen and oxygen atoms in total. The molecule has 2 aromatic heterocycles. The first-order valence-corrected chi connectivity index (χ1v) is 9.36. The minimum absolute atomic E-state index is 0.170. The van der Waals surface area contributed by atoms with Gasteiger partial charge in [-0.1, -0.05) is 29.9 Å². The number of H-pyrrole nitrogens is 1. The number of carbonyl (C=O) groups is 2. The summed E-state index contributed by atoms with van der Waals surface area (Å²) < 4.78 is 5.55. The van der Waals surface area contributed by atoms with Crippen LogP contribution in [-0.2, 0) is 11.2 Å². The Hall–Kier alpha value is -2.04. The Balaban J connectivity index is 1.65. The highest BCUT2D eigenvalue weighted by Crippen LogP contribution is 2.24. The molecular weight excluding hydrogens is 380 g/mol. The van der Waals surface area contributed by atoms with Gasteiger partial charge in [0.1, 0.15) is 0 Å². The summed E-state index contributed by atoms with van der Waals surface area (Å²) in [5.74, 6) is -0.116. The average Bonchev–Trinajstić information content (AvgIpc) is 3.28. The minimum atomic E-state index is -0.314. The van der Waals surface area contributed by atoms with Gasteiger partial charge in [-0.15, -0.1) is 10.2 Å². The van der Waals surface area contributed by atoms with Crippen LogP contribution in [0.1, 0.15) is 39.5 Å². The van der Waals surface area contributed by atoms with E-state index in [1.165, 1.54) is 11.3 Å². The zero-order chi connectivity index (χ0) is 18.7. The fraction of sp³-hybridized carbons (Fsp3) is 0.533. The van der Waals surface area contributed by atoms with Gasteiger partial charge >= 0.3 is 0 Å². The lowest BCUT2D eigenvalue weighted by molar-refractivity contribution is 0.0538. The monoisotopic (exact) mass is 398 g/mol. The Labute approximate surface area is 159 Å². The molecule has 0 aliphatic carbocycles. The van der Waals surface area contributed by atoms with Crippen LogP contribution < -0.4 is 10.2 Å². The molecule has 1 aliphatic heterocycles. The Morgan fingerprint density at radius 3 is 2.96 bits per heavy atom. The smallest absolute Gasteiger partial charge is 0.287 e. The van der Waals surface area contributed by atoms with Crippen molar-refractivity contribution in [3.05, 3.63) is 21.7 Å². The number of ether oxygens (including phenoxy) is 1. The quantitative estimate of drug-likeness (QED) is 0.705. The maximum atomic E-state index is 12.5. The van der Waals surface area contributed by atoms with Crippen LogP contribution in [0.5, 0.6) is 0 Å². The number of aryl methyl sites for hydroxylation is 1. The van der Waals surface area contributed by atoms with E-state index in [1.54, 1.807) is 7.11 Å². The van der Waals surface area contributed by atoms with Crippen LogP contribution in [0.15, 0.2) is 0 Å². The largest absolute Gasteiger partial charge is 0.377 e. The van der Waals surface area contributed by atoms with E-state index in [0.29, 0.717) is 47.5 Å². The third kappa shape index (κ3) is 3.87. The molecule has 1 fully saturated rings. The van der Waals surface area contributed by atoms with Gasteiger partial charge in [-0.25, -0.2) is 4.98 Å². The van der Waals surface area contributed by atoms with Crippen LogP contribution in [0.4, 0.5) is 5.13 Å². The highest BCUT2D eigenvalue weighted by molar-refractivity contribution is 7.16. The number of halogens is 1. The number of aromatic nitrogens is 4. The molecule has 2 aromatic rings. The first-order valence-electron chi connectivity index (χ1n) is 8.17. The first kappa shape index (κ1) is 18.7. The maximum absolute atomic E-state index is 12.5. The highest BCUT2D eigenvalue weighted by atomic mass is 35.5. The normalized spacial score (nSPS) is 20.2. The Morgan fingerprint density at radius 1 is 1.54 bits per heavy atom. The Kier molecular flexibility index (Phi) is 5.84. The lowest BCUT2D eigenvalue weighted by Gasteiger charge is -2.37. The molecule has 0 radical (unpaired) electrons. The van der Waals surface area contributed by atoms with E-state index in [1.807, 2.05) is 11.8 Å². The second-order valence-electron chi connectivity index (χ2n) is 5.84. The molecule has 0 aromatic carbocycles. The second kappa shape index (κ2) is 8.11. The lowest BCUT2D eigenvalue weighted by atomic mass is 10.0. The number of methoxy groups -OCH3 is 1. The predicted molar refractivity (Wildman–Crippen MR) is 97.2 cm³/mol. The molecule has 0 unspecified atom stereocenters. The highest BCUT2D eigenvalue weighted by Gasteiger charge is 2.32. The number of hydrogen-bond acceptors (Lipinski definition) is 8. The van der Waals surface area contributed by atoms with Crippen LogP contribution in [0, 0.1) is 0 Å². The van der Waals surface area contributed by atoms with Crippen LogP contribution in [0.25, 0.3) is 0 Å². The van der Waals surface area contributed by atoms with Crippen molar-refractivity contribution in [1.29, 1.82) is 0 Å². The summed E-state index contributed by atoms with van der Waals surface area (Å²) in [5.41, 5.74) is 0.733. The number of amides is 1. The van der Waals surface area contributed by atoms with Gasteiger partial charge in [-0.3, -0.25) is 9.59 Å². The van der Waals surface area contributed by atoms with E-state index in [2.05, 4.69) is 25.5 Å². The summed E-state index contributed by atoms with van der Waals surface area (Å²) >= 11 is 7.23. The molecule has 26 heavy (non-hydrogen) atoms.